The van der Waals surface area contributed by atoms with E-state index in [1.165, 1.54) is 0 Å². The Labute approximate surface area is 142 Å². The van der Waals surface area contributed by atoms with Gasteiger partial charge in [-0.25, -0.2) is 0 Å². The van der Waals surface area contributed by atoms with Crippen molar-refractivity contribution < 1.29 is 4.79 Å². The van der Waals surface area contributed by atoms with Gasteiger partial charge in [0, 0.05) is 5.69 Å². The summed E-state index contributed by atoms with van der Waals surface area (Å²) in [7, 11) is 0. The monoisotopic (exact) mass is 313 g/mol. The molecule has 0 aromatic heterocycles. The molecule has 0 radical (unpaired) electrons. The first-order valence-corrected chi connectivity index (χ1v) is 8.29. The number of anilines is 1. The number of nitrogens with zero attached hydrogens (tertiary/aromatic N) is 1. The molecule has 0 bridgehead atoms. The van der Waals surface area contributed by atoms with Crippen molar-refractivity contribution in [2.75, 3.05) is 4.90 Å². The summed E-state index contributed by atoms with van der Waals surface area (Å²) in [6, 6.07) is 28.4. The summed E-state index contributed by atoms with van der Waals surface area (Å²) in [5, 5.41) is 0. The summed E-state index contributed by atoms with van der Waals surface area (Å²) < 4.78 is 0. The molecule has 24 heavy (non-hydrogen) atoms. The van der Waals surface area contributed by atoms with Gasteiger partial charge in [-0.1, -0.05) is 78.9 Å². The van der Waals surface area contributed by atoms with E-state index in [0.29, 0.717) is 0 Å². The van der Waals surface area contributed by atoms with E-state index < -0.39 is 0 Å². The maximum Gasteiger partial charge on any atom is 0.239 e. The van der Waals surface area contributed by atoms with Gasteiger partial charge in [-0.3, -0.25) is 4.79 Å². The summed E-state index contributed by atoms with van der Waals surface area (Å²) in [4.78, 5) is 15.3. The Hall–Kier alpha value is -2.87. The molecule has 2 heteroatoms. The van der Waals surface area contributed by atoms with E-state index in [2.05, 4.69) is 31.2 Å². The van der Waals surface area contributed by atoms with Gasteiger partial charge in [0.05, 0.1) is 12.0 Å². The van der Waals surface area contributed by atoms with E-state index in [-0.39, 0.29) is 17.9 Å². The van der Waals surface area contributed by atoms with E-state index in [9.17, 15) is 4.79 Å². The zero-order chi connectivity index (χ0) is 16.5. The predicted octanol–water partition coefficient (Wildman–Crippen LogP) is 4.93. The zero-order valence-corrected chi connectivity index (χ0v) is 13.6. The smallest absolute Gasteiger partial charge is 0.239 e. The lowest BCUT2D eigenvalue weighted by atomic mass is 9.93. The maximum absolute atomic E-state index is 13.3. The third kappa shape index (κ3) is 2.31. The van der Waals surface area contributed by atoms with E-state index in [0.717, 1.165) is 22.4 Å². The Morgan fingerprint density at radius 2 is 1.38 bits per heavy atom. The fourth-order valence-corrected chi connectivity index (χ4v) is 3.59. The fraction of sp³-hybridized carbons (Fsp3) is 0.136. The third-order valence-corrected chi connectivity index (χ3v) is 4.79. The Morgan fingerprint density at radius 1 is 0.792 bits per heavy atom. The Morgan fingerprint density at radius 3 is 2.08 bits per heavy atom. The number of benzene rings is 3. The van der Waals surface area contributed by atoms with Crippen molar-refractivity contribution in [3.8, 4) is 0 Å². The molecular weight excluding hydrogens is 294 g/mol. The van der Waals surface area contributed by atoms with Crippen molar-refractivity contribution in [1.82, 2.24) is 0 Å². The summed E-state index contributed by atoms with van der Waals surface area (Å²) in [6.07, 6.45) is 0. The molecule has 0 spiro atoms. The van der Waals surface area contributed by atoms with Gasteiger partial charge in [-0.15, -0.1) is 0 Å². The van der Waals surface area contributed by atoms with E-state index in [1.54, 1.807) is 0 Å². The van der Waals surface area contributed by atoms with Gasteiger partial charge in [0.1, 0.15) is 0 Å². The lowest BCUT2D eigenvalue weighted by molar-refractivity contribution is -0.118. The molecule has 1 unspecified atom stereocenters. The number of hydrogen-bond donors (Lipinski definition) is 0. The molecule has 3 aromatic rings. The molecule has 2 nitrogen and oxygen atoms in total. The van der Waals surface area contributed by atoms with Gasteiger partial charge >= 0.3 is 0 Å². The molecule has 1 aliphatic heterocycles. The molecule has 1 heterocycles. The number of rotatable bonds is 3. The minimum Gasteiger partial charge on any atom is -0.304 e. The van der Waals surface area contributed by atoms with Gasteiger partial charge in [0.2, 0.25) is 5.91 Å². The second-order valence-electron chi connectivity index (χ2n) is 6.20. The molecule has 2 atom stereocenters. The van der Waals surface area contributed by atoms with Gasteiger partial charge in [-0.2, -0.15) is 0 Å². The van der Waals surface area contributed by atoms with E-state index >= 15 is 0 Å². The Bertz CT molecular complexity index is 857. The first kappa shape index (κ1) is 14.7. The lowest BCUT2D eigenvalue weighted by Gasteiger charge is -2.26. The van der Waals surface area contributed by atoms with Crippen LogP contribution in [-0.2, 0) is 4.79 Å². The third-order valence-electron chi connectivity index (χ3n) is 4.79. The van der Waals surface area contributed by atoms with Crippen molar-refractivity contribution in [3.05, 3.63) is 102 Å². The number of amides is 1. The van der Waals surface area contributed by atoms with Gasteiger partial charge in [0.25, 0.3) is 0 Å². The molecule has 0 fully saturated rings. The first-order valence-electron chi connectivity index (χ1n) is 8.29. The van der Waals surface area contributed by atoms with Crippen LogP contribution in [0.2, 0.25) is 0 Å². The van der Waals surface area contributed by atoms with Crippen LogP contribution in [0, 0.1) is 0 Å². The van der Waals surface area contributed by atoms with Crippen molar-refractivity contribution in [2.24, 2.45) is 0 Å². The summed E-state index contributed by atoms with van der Waals surface area (Å²) in [5.74, 6) is -0.0627. The number of fused-ring (bicyclic) bond motifs is 1. The number of carbonyl (C=O) groups is 1. The van der Waals surface area contributed by atoms with Crippen molar-refractivity contribution in [3.63, 3.8) is 0 Å². The molecular formula is C22H19NO. The normalized spacial score (nSPS) is 17.6. The largest absolute Gasteiger partial charge is 0.304 e. The molecule has 1 amide bonds. The first-order chi connectivity index (χ1) is 11.8. The van der Waals surface area contributed by atoms with Crippen LogP contribution >= 0.6 is 0 Å². The predicted molar refractivity (Wildman–Crippen MR) is 97.1 cm³/mol. The Balaban J connectivity index is 1.81. The van der Waals surface area contributed by atoms with Gasteiger partial charge < -0.3 is 4.90 Å². The average molecular weight is 313 g/mol. The van der Waals surface area contributed by atoms with Crippen LogP contribution in [0.1, 0.15) is 35.6 Å². The van der Waals surface area contributed by atoms with Crippen molar-refractivity contribution >= 4 is 11.6 Å². The highest BCUT2D eigenvalue weighted by molar-refractivity contribution is 6.07. The van der Waals surface area contributed by atoms with Gasteiger partial charge in [0.15, 0.2) is 0 Å². The molecule has 0 N–H and O–H groups in total. The molecule has 0 saturated heterocycles. The highest BCUT2D eigenvalue weighted by Gasteiger charge is 2.40. The number of hydrogen-bond acceptors (Lipinski definition) is 1. The van der Waals surface area contributed by atoms with Crippen LogP contribution < -0.4 is 4.90 Å². The second kappa shape index (κ2) is 5.97. The van der Waals surface area contributed by atoms with Crippen LogP contribution in [0.3, 0.4) is 0 Å². The summed E-state index contributed by atoms with van der Waals surface area (Å²) >= 11 is 0. The molecule has 118 valence electrons. The number of para-hydroxylation sites is 1. The van der Waals surface area contributed by atoms with E-state index in [4.69, 9.17) is 0 Å². The number of carbonyl (C=O) groups excluding carboxylic acids is 1. The highest BCUT2D eigenvalue weighted by Crippen LogP contribution is 2.44. The van der Waals surface area contributed by atoms with Crippen molar-refractivity contribution in [2.45, 2.75) is 18.9 Å². The average Bonchev–Trinajstić information content (AvgIpc) is 2.94. The van der Waals surface area contributed by atoms with Crippen molar-refractivity contribution in [1.29, 1.82) is 0 Å². The van der Waals surface area contributed by atoms with Crippen LogP contribution in [-0.4, -0.2) is 5.91 Å². The van der Waals surface area contributed by atoms with Crippen LogP contribution in [0.4, 0.5) is 5.69 Å². The van der Waals surface area contributed by atoms with E-state index in [1.807, 2.05) is 65.6 Å². The zero-order valence-electron chi connectivity index (χ0n) is 13.6. The standard InChI is InChI=1S/C22H19NO/c1-16(17-10-4-2-5-11-17)23-20-15-9-8-14-19(20)21(22(23)24)18-12-6-3-7-13-18/h2-16,21H,1H3/t16-,21?/m0/s1. The Kier molecular flexibility index (Phi) is 3.66. The van der Waals surface area contributed by atoms with Crippen LogP contribution in [0.15, 0.2) is 84.9 Å². The molecule has 0 aliphatic carbocycles. The highest BCUT2D eigenvalue weighted by atomic mass is 16.2. The summed E-state index contributed by atoms with van der Waals surface area (Å²) in [5.41, 5.74) is 4.32. The van der Waals surface area contributed by atoms with Gasteiger partial charge in [-0.05, 0) is 29.7 Å². The second-order valence-corrected chi connectivity index (χ2v) is 6.20. The lowest BCUT2D eigenvalue weighted by Crippen LogP contribution is -2.31. The quantitative estimate of drug-likeness (QED) is 0.671. The molecule has 4 rings (SSSR count). The van der Waals surface area contributed by atoms with Crippen LogP contribution in [0.5, 0.6) is 0 Å². The SMILES string of the molecule is C[C@@H](c1ccccc1)N1C(=O)C(c2ccccc2)c2ccccc21. The topological polar surface area (TPSA) is 20.3 Å². The molecule has 1 aliphatic rings. The maximum atomic E-state index is 13.3. The van der Waals surface area contributed by atoms with Crippen LogP contribution in [0.25, 0.3) is 0 Å². The minimum absolute atomic E-state index is 0.00793. The summed E-state index contributed by atoms with van der Waals surface area (Å²) in [6.45, 7) is 2.09. The molecule has 0 saturated carbocycles. The minimum atomic E-state index is -0.214. The molecule has 3 aromatic carbocycles. The fourth-order valence-electron chi connectivity index (χ4n) is 3.59.